The highest BCUT2D eigenvalue weighted by Crippen LogP contribution is 2.36. The van der Waals surface area contributed by atoms with Gasteiger partial charge in [0.1, 0.15) is 11.4 Å². The second-order valence-electron chi connectivity index (χ2n) is 10.8. The zero-order valence-corrected chi connectivity index (χ0v) is 22.5. The number of rotatable bonds is 6. The zero-order chi connectivity index (χ0) is 27.7. The first kappa shape index (κ1) is 27.6. The molecule has 2 aliphatic heterocycles. The van der Waals surface area contributed by atoms with E-state index in [9.17, 15) is 14.0 Å². The molecule has 8 nitrogen and oxygen atoms in total. The van der Waals surface area contributed by atoms with Crippen LogP contribution in [0, 0.1) is 5.82 Å². The number of carboxylic acid groups (broad SMARTS) is 1. The molecule has 202 valence electrons. The third-order valence-corrected chi connectivity index (χ3v) is 7.03. The lowest BCUT2D eigenvalue weighted by Crippen LogP contribution is -2.47. The molecule has 2 aliphatic rings. The fraction of sp³-hybridized carbons (Fsp3) is 0.393. The Morgan fingerprint density at radius 2 is 1.82 bits per heavy atom. The number of hydrogen-bond acceptors (Lipinski definition) is 6. The Kier molecular flexibility index (Phi) is 7.80. The quantitative estimate of drug-likeness (QED) is 0.485. The highest BCUT2D eigenvalue weighted by atomic mass is 35.5. The summed E-state index contributed by atoms with van der Waals surface area (Å²) in [5, 5.41) is 9.13. The van der Waals surface area contributed by atoms with Crippen molar-refractivity contribution in [2.75, 3.05) is 31.1 Å². The number of aromatic carboxylic acids is 1. The molecular formula is C28H32ClFN4O4. The van der Waals surface area contributed by atoms with Crippen LogP contribution in [0.1, 0.15) is 49.5 Å². The molecule has 38 heavy (non-hydrogen) atoms. The molecule has 0 radical (unpaired) electrons. The fourth-order valence-corrected chi connectivity index (χ4v) is 4.72. The summed E-state index contributed by atoms with van der Waals surface area (Å²) in [7, 11) is 0. The summed E-state index contributed by atoms with van der Waals surface area (Å²) in [4.78, 5) is 32.3. The predicted molar refractivity (Wildman–Crippen MR) is 146 cm³/mol. The van der Waals surface area contributed by atoms with Gasteiger partial charge in [0.05, 0.1) is 22.7 Å². The van der Waals surface area contributed by atoms with Crippen molar-refractivity contribution in [1.29, 1.82) is 0 Å². The highest BCUT2D eigenvalue weighted by molar-refractivity contribution is 6.30. The van der Waals surface area contributed by atoms with E-state index in [-0.39, 0.29) is 16.1 Å². The summed E-state index contributed by atoms with van der Waals surface area (Å²) >= 11 is 5.99. The lowest BCUT2D eigenvalue weighted by atomic mass is 9.91. The van der Waals surface area contributed by atoms with Gasteiger partial charge in [0, 0.05) is 55.6 Å². The first-order chi connectivity index (χ1) is 17.9. The third-order valence-electron chi connectivity index (χ3n) is 6.74. The molecule has 4 rings (SSSR count). The third kappa shape index (κ3) is 6.34. The van der Waals surface area contributed by atoms with Crippen molar-refractivity contribution in [3.63, 3.8) is 0 Å². The van der Waals surface area contributed by atoms with Gasteiger partial charge in [0.2, 0.25) is 0 Å². The van der Waals surface area contributed by atoms with Gasteiger partial charge < -0.3 is 15.6 Å². The summed E-state index contributed by atoms with van der Waals surface area (Å²) in [5.41, 5.74) is 8.25. The van der Waals surface area contributed by atoms with Crippen molar-refractivity contribution in [3.8, 4) is 0 Å². The normalized spacial score (nSPS) is 18.7. The zero-order valence-electron chi connectivity index (χ0n) is 21.7. The van der Waals surface area contributed by atoms with Gasteiger partial charge in [-0.2, -0.15) is 0 Å². The lowest BCUT2D eigenvalue weighted by Gasteiger charge is -2.37. The Morgan fingerprint density at radius 1 is 1.18 bits per heavy atom. The summed E-state index contributed by atoms with van der Waals surface area (Å²) in [6, 6.07) is 10.6. The van der Waals surface area contributed by atoms with Crippen molar-refractivity contribution in [1.82, 2.24) is 4.90 Å². The molecule has 2 heterocycles. The molecule has 0 unspecified atom stereocenters. The maximum absolute atomic E-state index is 13.7. The monoisotopic (exact) mass is 542 g/mol. The molecule has 2 saturated heterocycles. The van der Waals surface area contributed by atoms with E-state index in [0.29, 0.717) is 56.0 Å². The van der Waals surface area contributed by atoms with Crippen LogP contribution in [0.4, 0.5) is 14.9 Å². The van der Waals surface area contributed by atoms with Crippen LogP contribution in [0.3, 0.4) is 0 Å². The number of anilines is 1. The molecule has 2 fully saturated rings. The first-order valence-electron chi connectivity index (χ1n) is 12.4. The number of benzene rings is 2. The van der Waals surface area contributed by atoms with Crippen LogP contribution < -0.4 is 10.6 Å². The maximum Gasteiger partial charge on any atom is 0.415 e. The minimum atomic E-state index is -1.02. The van der Waals surface area contributed by atoms with Gasteiger partial charge >= 0.3 is 12.1 Å². The van der Waals surface area contributed by atoms with Gasteiger partial charge in [0.15, 0.2) is 0 Å². The number of halogens is 2. The molecule has 0 atom stereocenters. The topological polar surface area (TPSA) is 108 Å². The number of nitrogens with zero attached hydrogens (tertiary/aromatic N) is 3. The van der Waals surface area contributed by atoms with Gasteiger partial charge in [-0.25, -0.2) is 14.0 Å². The maximum atomic E-state index is 13.7. The SMILES string of the molecule is CC(C)(C)N=CC(CN1CCC2(CC1)CN(c1ccc(C(=O)O)cc1)C(=O)O2)=C(N)c1ccc(F)c(Cl)c1. The number of amides is 1. The number of hydrogen-bond donors (Lipinski definition) is 2. The van der Waals surface area contributed by atoms with E-state index in [0.717, 1.165) is 5.57 Å². The van der Waals surface area contributed by atoms with Gasteiger partial charge in [0.25, 0.3) is 0 Å². The number of aliphatic imine (C=N–C) groups is 1. The lowest BCUT2D eigenvalue weighted by molar-refractivity contribution is 0.00334. The van der Waals surface area contributed by atoms with Crippen LogP contribution in [-0.4, -0.2) is 65.6 Å². The average molecular weight is 543 g/mol. The van der Waals surface area contributed by atoms with Crippen LogP contribution in [0.5, 0.6) is 0 Å². The van der Waals surface area contributed by atoms with E-state index in [2.05, 4.69) is 9.89 Å². The number of likely N-dealkylation sites (tertiary alicyclic amines) is 1. The second-order valence-corrected chi connectivity index (χ2v) is 11.2. The summed E-state index contributed by atoms with van der Waals surface area (Å²) in [6.45, 7) is 8.23. The second kappa shape index (κ2) is 10.7. The number of carboxylic acids is 1. The number of nitrogens with two attached hydrogens (primary N) is 1. The average Bonchev–Trinajstić information content (AvgIpc) is 3.19. The number of ether oxygens (including phenoxy) is 1. The standard InChI is InChI=1S/C28H32ClFN4O4/c1-27(2,3)32-15-20(24(31)19-6-9-23(30)22(29)14-19)16-33-12-10-28(11-13-33)17-34(26(37)38-28)21-7-4-18(5-8-21)25(35)36/h4-9,14-15H,10-13,16-17,31H2,1-3H3,(H,35,36). The molecule has 0 saturated carbocycles. The van der Waals surface area contributed by atoms with Crippen LogP contribution in [0.2, 0.25) is 5.02 Å². The molecule has 3 N–H and O–H groups in total. The van der Waals surface area contributed by atoms with Crippen molar-refractivity contribution in [3.05, 3.63) is 70.0 Å². The summed E-state index contributed by atoms with van der Waals surface area (Å²) in [5.74, 6) is -1.53. The van der Waals surface area contributed by atoms with Gasteiger partial charge in [-0.1, -0.05) is 11.6 Å². The number of piperidine rings is 1. The van der Waals surface area contributed by atoms with Gasteiger partial charge in [-0.05, 0) is 68.8 Å². The molecule has 0 aromatic heterocycles. The minimum Gasteiger partial charge on any atom is -0.478 e. The van der Waals surface area contributed by atoms with E-state index in [1.807, 2.05) is 20.8 Å². The summed E-state index contributed by atoms with van der Waals surface area (Å²) in [6.07, 6.45) is 2.61. The Balaban J connectivity index is 1.47. The smallest absolute Gasteiger partial charge is 0.415 e. The molecule has 0 bridgehead atoms. The molecule has 10 heteroatoms. The van der Waals surface area contributed by atoms with Crippen molar-refractivity contribution in [2.45, 2.75) is 44.8 Å². The highest BCUT2D eigenvalue weighted by Gasteiger charge is 2.47. The van der Waals surface area contributed by atoms with E-state index in [1.165, 1.54) is 24.3 Å². The Hall–Kier alpha value is -3.43. The van der Waals surface area contributed by atoms with Crippen molar-refractivity contribution < 1.29 is 23.8 Å². The Labute approximate surface area is 226 Å². The number of carbonyl (C=O) groups excluding carboxylic acids is 1. The predicted octanol–water partition coefficient (Wildman–Crippen LogP) is 5.21. The molecular weight excluding hydrogens is 511 g/mol. The van der Waals surface area contributed by atoms with Gasteiger partial charge in [-0.3, -0.25) is 14.8 Å². The molecule has 0 aliphatic carbocycles. The van der Waals surface area contributed by atoms with E-state index >= 15 is 0 Å². The van der Waals surface area contributed by atoms with Crippen LogP contribution in [0.25, 0.3) is 5.70 Å². The van der Waals surface area contributed by atoms with E-state index in [1.54, 1.807) is 29.3 Å². The van der Waals surface area contributed by atoms with E-state index in [4.69, 9.17) is 27.2 Å². The Bertz CT molecular complexity index is 1280. The van der Waals surface area contributed by atoms with Crippen molar-refractivity contribution >= 4 is 41.3 Å². The minimum absolute atomic E-state index is 0.00248. The number of carbonyl (C=O) groups is 2. The van der Waals surface area contributed by atoms with Gasteiger partial charge in [-0.15, -0.1) is 0 Å². The van der Waals surface area contributed by atoms with Crippen molar-refractivity contribution in [2.24, 2.45) is 10.7 Å². The largest absolute Gasteiger partial charge is 0.478 e. The van der Waals surface area contributed by atoms with E-state index < -0.39 is 23.5 Å². The molecule has 1 spiro atoms. The van der Waals surface area contributed by atoms with Crippen LogP contribution in [0.15, 0.2) is 53.0 Å². The summed E-state index contributed by atoms with van der Waals surface area (Å²) < 4.78 is 19.6. The molecule has 1 amide bonds. The fourth-order valence-electron chi connectivity index (χ4n) is 4.54. The molecule has 2 aromatic rings. The first-order valence-corrected chi connectivity index (χ1v) is 12.8. The Morgan fingerprint density at radius 3 is 2.39 bits per heavy atom. The van der Waals surface area contributed by atoms with Crippen LogP contribution in [-0.2, 0) is 4.74 Å². The van der Waals surface area contributed by atoms with Crippen LogP contribution >= 0.6 is 11.6 Å². The molecule has 2 aromatic carbocycles.